The predicted molar refractivity (Wildman–Crippen MR) is 118 cm³/mol. The van der Waals surface area contributed by atoms with Crippen LogP contribution in [0.25, 0.3) is 0 Å². The summed E-state index contributed by atoms with van der Waals surface area (Å²) in [4.78, 5) is 43.5. The fourth-order valence-electron chi connectivity index (χ4n) is 4.77. The van der Waals surface area contributed by atoms with Crippen LogP contribution in [0.4, 0.5) is 0 Å². The minimum atomic E-state index is -0.290. The Kier molecular flexibility index (Phi) is 6.86. The van der Waals surface area contributed by atoms with Gasteiger partial charge in [-0.25, -0.2) is 0 Å². The second-order valence-corrected chi connectivity index (χ2v) is 8.96. The van der Waals surface area contributed by atoms with E-state index in [4.69, 9.17) is 9.47 Å². The molecule has 8 heteroatoms. The highest BCUT2D eigenvalue weighted by Gasteiger charge is 2.38. The van der Waals surface area contributed by atoms with Crippen molar-refractivity contribution in [2.24, 2.45) is 11.8 Å². The van der Waals surface area contributed by atoms with Crippen LogP contribution in [0, 0.1) is 11.8 Å². The van der Waals surface area contributed by atoms with E-state index < -0.39 is 0 Å². The molecule has 0 spiro atoms. The van der Waals surface area contributed by atoms with E-state index in [0.717, 1.165) is 24.8 Å². The van der Waals surface area contributed by atoms with Gasteiger partial charge in [-0.3, -0.25) is 14.4 Å². The lowest BCUT2D eigenvalue weighted by Crippen LogP contribution is -2.53. The van der Waals surface area contributed by atoms with Crippen molar-refractivity contribution >= 4 is 17.7 Å². The number of rotatable bonds is 7. The molecule has 0 radical (unpaired) electrons. The number of carbonyl (C=O) groups is 3. The lowest BCUT2D eigenvalue weighted by Gasteiger charge is -2.38. The predicted octanol–water partition coefficient (Wildman–Crippen LogP) is 1.57. The van der Waals surface area contributed by atoms with Gasteiger partial charge >= 0.3 is 0 Å². The van der Waals surface area contributed by atoms with Gasteiger partial charge in [-0.15, -0.1) is 0 Å². The Bertz CT molecular complexity index is 861. The van der Waals surface area contributed by atoms with Gasteiger partial charge in [0.25, 0.3) is 0 Å². The molecular weight excluding hydrogens is 410 g/mol. The summed E-state index contributed by atoms with van der Waals surface area (Å²) >= 11 is 0. The molecule has 32 heavy (non-hydrogen) atoms. The van der Waals surface area contributed by atoms with Crippen molar-refractivity contribution in [1.82, 2.24) is 14.7 Å². The first-order valence-electron chi connectivity index (χ1n) is 11.6. The van der Waals surface area contributed by atoms with Crippen molar-refractivity contribution in [1.29, 1.82) is 0 Å². The molecule has 0 aromatic heterocycles. The third-order valence-electron chi connectivity index (χ3n) is 7.04. The normalized spacial score (nSPS) is 21.5. The zero-order chi connectivity index (χ0) is 22.7. The molecule has 174 valence electrons. The van der Waals surface area contributed by atoms with Gasteiger partial charge in [0.15, 0.2) is 11.5 Å². The van der Waals surface area contributed by atoms with Gasteiger partial charge < -0.3 is 24.2 Å². The van der Waals surface area contributed by atoms with E-state index in [9.17, 15) is 14.4 Å². The quantitative estimate of drug-likeness (QED) is 0.639. The molecule has 3 amide bonds. The molecule has 1 aromatic carbocycles. The number of ether oxygens (including phenoxy) is 2. The van der Waals surface area contributed by atoms with Gasteiger partial charge in [0, 0.05) is 51.6 Å². The van der Waals surface area contributed by atoms with Crippen LogP contribution in [-0.4, -0.2) is 85.9 Å². The number of carbonyl (C=O) groups excluding carboxylic acids is 3. The Balaban J connectivity index is 1.26. The average Bonchev–Trinajstić information content (AvgIpc) is 3.16. The first-order valence-corrected chi connectivity index (χ1v) is 11.6. The minimum Gasteiger partial charge on any atom is -0.493 e. The molecule has 0 bridgehead atoms. The van der Waals surface area contributed by atoms with Gasteiger partial charge in [0.2, 0.25) is 17.7 Å². The van der Waals surface area contributed by atoms with Crippen molar-refractivity contribution in [3.8, 4) is 11.5 Å². The Hall–Kier alpha value is -2.77. The van der Waals surface area contributed by atoms with Crippen LogP contribution in [0.5, 0.6) is 11.5 Å². The molecule has 1 atom stereocenters. The molecule has 3 aliphatic rings. The maximum atomic E-state index is 13.0. The molecule has 1 aliphatic carbocycles. The zero-order valence-corrected chi connectivity index (χ0v) is 19.0. The van der Waals surface area contributed by atoms with E-state index in [2.05, 4.69) is 0 Å². The molecule has 0 N–H and O–H groups in total. The van der Waals surface area contributed by atoms with Gasteiger partial charge in [-0.2, -0.15) is 0 Å². The third kappa shape index (κ3) is 4.69. The molecule has 1 unspecified atom stereocenters. The number of benzene rings is 1. The SMILES string of the molecule is COc1ccc(CCN2CC(C(=O)N3CCN(C(=O)C4CCC4)CC3)CC2=O)cc1OC. The van der Waals surface area contributed by atoms with Crippen molar-refractivity contribution in [3.05, 3.63) is 23.8 Å². The number of hydrogen-bond acceptors (Lipinski definition) is 5. The summed E-state index contributed by atoms with van der Waals surface area (Å²) in [5.41, 5.74) is 1.05. The molecule has 3 fully saturated rings. The van der Waals surface area contributed by atoms with Gasteiger partial charge in [-0.05, 0) is 37.0 Å². The molecular formula is C24H33N3O5. The summed E-state index contributed by atoms with van der Waals surface area (Å²) in [7, 11) is 3.20. The summed E-state index contributed by atoms with van der Waals surface area (Å²) in [5.74, 6) is 1.58. The average molecular weight is 444 g/mol. The van der Waals surface area contributed by atoms with E-state index in [-0.39, 0.29) is 36.0 Å². The van der Waals surface area contributed by atoms with Crippen molar-refractivity contribution in [2.75, 3.05) is 53.5 Å². The molecule has 1 aromatic rings. The van der Waals surface area contributed by atoms with Crippen LogP contribution >= 0.6 is 0 Å². The number of nitrogens with zero attached hydrogens (tertiary/aromatic N) is 3. The van der Waals surface area contributed by atoms with Crippen molar-refractivity contribution < 1.29 is 23.9 Å². The maximum absolute atomic E-state index is 13.0. The van der Waals surface area contributed by atoms with Crippen LogP contribution in [0.1, 0.15) is 31.2 Å². The number of likely N-dealkylation sites (tertiary alicyclic amines) is 1. The number of piperazine rings is 1. The summed E-state index contributed by atoms with van der Waals surface area (Å²) < 4.78 is 10.6. The smallest absolute Gasteiger partial charge is 0.228 e. The van der Waals surface area contributed by atoms with E-state index >= 15 is 0 Å². The molecule has 8 nitrogen and oxygen atoms in total. The number of methoxy groups -OCH3 is 2. The standard InChI is InChI=1S/C24H33N3O5/c1-31-20-7-6-17(14-21(20)32-2)8-9-27-16-19(15-22(27)28)24(30)26-12-10-25(11-13-26)23(29)18-4-3-5-18/h6-7,14,18-19H,3-5,8-13,15-16H2,1-2H3. The first kappa shape index (κ1) is 22.4. The second-order valence-electron chi connectivity index (χ2n) is 8.96. The van der Waals surface area contributed by atoms with Crippen LogP contribution < -0.4 is 9.47 Å². The van der Waals surface area contributed by atoms with Gasteiger partial charge in [-0.1, -0.05) is 12.5 Å². The summed E-state index contributed by atoms with van der Waals surface area (Å²) in [5, 5.41) is 0. The topological polar surface area (TPSA) is 79.4 Å². The van der Waals surface area contributed by atoms with Gasteiger partial charge in [0.1, 0.15) is 0 Å². The Morgan fingerprint density at radius 1 is 0.938 bits per heavy atom. The van der Waals surface area contributed by atoms with Gasteiger partial charge in [0.05, 0.1) is 20.1 Å². The van der Waals surface area contributed by atoms with Crippen LogP contribution in [0.15, 0.2) is 18.2 Å². The van der Waals surface area contributed by atoms with E-state index in [0.29, 0.717) is 57.2 Å². The second kappa shape index (κ2) is 9.79. The Morgan fingerprint density at radius 3 is 2.12 bits per heavy atom. The highest BCUT2D eigenvalue weighted by atomic mass is 16.5. The third-order valence-corrected chi connectivity index (χ3v) is 7.04. The zero-order valence-electron chi connectivity index (χ0n) is 19.0. The monoisotopic (exact) mass is 443 g/mol. The van der Waals surface area contributed by atoms with Crippen LogP contribution in [0.3, 0.4) is 0 Å². The molecule has 4 rings (SSSR count). The largest absolute Gasteiger partial charge is 0.493 e. The van der Waals surface area contributed by atoms with Crippen molar-refractivity contribution in [2.45, 2.75) is 32.1 Å². The maximum Gasteiger partial charge on any atom is 0.228 e. The molecule has 2 aliphatic heterocycles. The van der Waals surface area contributed by atoms with Crippen LogP contribution in [0.2, 0.25) is 0 Å². The first-order chi connectivity index (χ1) is 15.5. The van der Waals surface area contributed by atoms with Crippen LogP contribution in [-0.2, 0) is 20.8 Å². The summed E-state index contributed by atoms with van der Waals surface area (Å²) in [6, 6.07) is 5.75. The molecule has 2 heterocycles. The summed E-state index contributed by atoms with van der Waals surface area (Å²) in [6.45, 7) is 3.37. The number of amides is 3. The molecule has 2 saturated heterocycles. The highest BCUT2D eigenvalue weighted by Crippen LogP contribution is 2.30. The summed E-state index contributed by atoms with van der Waals surface area (Å²) in [6.07, 6.45) is 4.11. The fourth-order valence-corrected chi connectivity index (χ4v) is 4.77. The highest BCUT2D eigenvalue weighted by molar-refractivity contribution is 5.89. The van der Waals surface area contributed by atoms with E-state index in [1.54, 1.807) is 19.1 Å². The molecule has 1 saturated carbocycles. The lowest BCUT2D eigenvalue weighted by atomic mass is 9.84. The van der Waals surface area contributed by atoms with E-state index in [1.807, 2.05) is 28.0 Å². The van der Waals surface area contributed by atoms with Crippen molar-refractivity contribution in [3.63, 3.8) is 0 Å². The Morgan fingerprint density at radius 2 is 1.56 bits per heavy atom. The fraction of sp³-hybridized carbons (Fsp3) is 0.625. The Labute approximate surface area is 189 Å². The number of hydrogen-bond donors (Lipinski definition) is 0. The van der Waals surface area contributed by atoms with E-state index in [1.165, 1.54) is 0 Å². The minimum absolute atomic E-state index is 0.0302. The lowest BCUT2D eigenvalue weighted by molar-refractivity contribution is -0.145.